The fourth-order valence-electron chi connectivity index (χ4n) is 2.59. The average Bonchev–Trinajstić information content (AvgIpc) is 2.46. The van der Waals surface area contributed by atoms with Gasteiger partial charge in [-0.05, 0) is 38.8 Å². The molecule has 0 radical (unpaired) electrons. The molecule has 2 rings (SSSR count). The van der Waals surface area contributed by atoms with E-state index in [1.807, 2.05) is 23.1 Å². The number of carbonyl (C=O) groups excluding carboxylic acids is 1. The number of benzene rings is 1. The van der Waals surface area contributed by atoms with Gasteiger partial charge in [0.05, 0.1) is 5.92 Å². The molecule has 0 unspecified atom stereocenters. The Morgan fingerprint density at radius 3 is 2.68 bits per heavy atom. The lowest BCUT2D eigenvalue weighted by Crippen LogP contribution is -2.45. The standard InChI is InChI=1S/C16H24N2O/c1-13(2)18(12-14-7-4-3-5-8-14)16(19)15-9-6-10-17-11-15/h3-5,7-8,13,15,17H,6,9-12H2,1-2H3/t15-/m0/s1. The Morgan fingerprint density at radius 1 is 1.37 bits per heavy atom. The maximum absolute atomic E-state index is 12.6. The van der Waals surface area contributed by atoms with Crippen molar-refractivity contribution in [1.29, 1.82) is 0 Å². The van der Waals surface area contributed by atoms with Crippen molar-refractivity contribution >= 4 is 5.91 Å². The zero-order chi connectivity index (χ0) is 13.7. The van der Waals surface area contributed by atoms with Gasteiger partial charge in [-0.2, -0.15) is 0 Å². The highest BCUT2D eigenvalue weighted by Crippen LogP contribution is 2.17. The van der Waals surface area contributed by atoms with Gasteiger partial charge in [0.1, 0.15) is 0 Å². The number of amides is 1. The first-order chi connectivity index (χ1) is 9.18. The van der Waals surface area contributed by atoms with Crippen LogP contribution in [-0.4, -0.2) is 29.9 Å². The number of rotatable bonds is 4. The fourth-order valence-corrected chi connectivity index (χ4v) is 2.59. The van der Waals surface area contributed by atoms with Crippen molar-refractivity contribution in [2.45, 2.75) is 39.3 Å². The van der Waals surface area contributed by atoms with E-state index in [1.165, 1.54) is 5.56 Å². The van der Waals surface area contributed by atoms with Crippen LogP contribution in [0.4, 0.5) is 0 Å². The quantitative estimate of drug-likeness (QED) is 0.901. The maximum atomic E-state index is 12.6. The van der Waals surface area contributed by atoms with E-state index in [0.717, 1.165) is 25.9 Å². The van der Waals surface area contributed by atoms with Gasteiger partial charge in [-0.15, -0.1) is 0 Å². The molecular weight excluding hydrogens is 236 g/mol. The third-order valence-corrected chi connectivity index (χ3v) is 3.75. The van der Waals surface area contributed by atoms with Crippen LogP contribution < -0.4 is 5.32 Å². The largest absolute Gasteiger partial charge is 0.336 e. The highest BCUT2D eigenvalue weighted by Gasteiger charge is 2.27. The molecule has 1 saturated heterocycles. The van der Waals surface area contributed by atoms with E-state index >= 15 is 0 Å². The van der Waals surface area contributed by atoms with E-state index < -0.39 is 0 Å². The van der Waals surface area contributed by atoms with Crippen LogP contribution in [0.15, 0.2) is 30.3 Å². The van der Waals surface area contributed by atoms with Gasteiger partial charge >= 0.3 is 0 Å². The monoisotopic (exact) mass is 260 g/mol. The lowest BCUT2D eigenvalue weighted by molar-refractivity contribution is -0.138. The Balaban J connectivity index is 2.04. The van der Waals surface area contributed by atoms with Crippen LogP contribution in [0.1, 0.15) is 32.3 Å². The van der Waals surface area contributed by atoms with Crippen molar-refractivity contribution in [3.05, 3.63) is 35.9 Å². The predicted molar refractivity (Wildman–Crippen MR) is 77.7 cm³/mol. The Kier molecular flexibility index (Phi) is 4.97. The van der Waals surface area contributed by atoms with Crippen LogP contribution in [0.5, 0.6) is 0 Å². The first-order valence-corrected chi connectivity index (χ1v) is 7.23. The summed E-state index contributed by atoms with van der Waals surface area (Å²) in [6.45, 7) is 6.78. The molecule has 0 aliphatic carbocycles. The molecule has 104 valence electrons. The molecule has 1 aromatic carbocycles. The smallest absolute Gasteiger partial charge is 0.227 e. The number of hydrogen-bond acceptors (Lipinski definition) is 2. The van der Waals surface area contributed by atoms with E-state index in [1.54, 1.807) is 0 Å². The third kappa shape index (κ3) is 3.80. The molecule has 1 aliphatic rings. The van der Waals surface area contributed by atoms with Gasteiger partial charge in [0, 0.05) is 19.1 Å². The normalized spacial score (nSPS) is 19.4. The van der Waals surface area contributed by atoms with E-state index in [-0.39, 0.29) is 12.0 Å². The predicted octanol–water partition coefficient (Wildman–Crippen LogP) is 2.42. The van der Waals surface area contributed by atoms with Crippen LogP contribution in [0, 0.1) is 5.92 Å². The summed E-state index contributed by atoms with van der Waals surface area (Å²) < 4.78 is 0. The fraction of sp³-hybridized carbons (Fsp3) is 0.562. The number of piperidine rings is 1. The molecule has 1 atom stereocenters. The number of nitrogens with one attached hydrogen (secondary N) is 1. The lowest BCUT2D eigenvalue weighted by Gasteiger charge is -2.32. The summed E-state index contributed by atoms with van der Waals surface area (Å²) in [5, 5.41) is 3.33. The SMILES string of the molecule is CC(C)N(Cc1ccccc1)C(=O)[C@H]1CCCNC1. The summed E-state index contributed by atoms with van der Waals surface area (Å²) in [6, 6.07) is 10.5. The van der Waals surface area contributed by atoms with Crippen LogP contribution in [0.2, 0.25) is 0 Å². The summed E-state index contributed by atoms with van der Waals surface area (Å²) in [5.74, 6) is 0.450. The van der Waals surface area contributed by atoms with Crippen molar-refractivity contribution in [2.24, 2.45) is 5.92 Å². The van der Waals surface area contributed by atoms with Crippen molar-refractivity contribution in [2.75, 3.05) is 13.1 Å². The number of hydrogen-bond donors (Lipinski definition) is 1. The van der Waals surface area contributed by atoms with Crippen molar-refractivity contribution < 1.29 is 4.79 Å². The van der Waals surface area contributed by atoms with Gasteiger partial charge in [0.2, 0.25) is 5.91 Å². The van der Waals surface area contributed by atoms with Gasteiger partial charge in [0.25, 0.3) is 0 Å². The molecule has 3 nitrogen and oxygen atoms in total. The minimum atomic E-state index is 0.153. The lowest BCUT2D eigenvalue weighted by atomic mass is 9.97. The van der Waals surface area contributed by atoms with E-state index in [0.29, 0.717) is 12.5 Å². The van der Waals surface area contributed by atoms with Crippen molar-refractivity contribution in [3.63, 3.8) is 0 Å². The summed E-state index contributed by atoms with van der Waals surface area (Å²) in [5.41, 5.74) is 1.20. The summed E-state index contributed by atoms with van der Waals surface area (Å²) in [4.78, 5) is 14.6. The zero-order valence-electron chi connectivity index (χ0n) is 11.9. The number of nitrogens with zero attached hydrogens (tertiary/aromatic N) is 1. The molecule has 1 heterocycles. The highest BCUT2D eigenvalue weighted by atomic mass is 16.2. The molecule has 1 N–H and O–H groups in total. The van der Waals surface area contributed by atoms with Crippen molar-refractivity contribution in [1.82, 2.24) is 10.2 Å². The highest BCUT2D eigenvalue weighted by molar-refractivity contribution is 5.79. The Bertz CT molecular complexity index is 396. The first-order valence-electron chi connectivity index (χ1n) is 7.23. The van der Waals surface area contributed by atoms with Crippen LogP contribution in [-0.2, 0) is 11.3 Å². The molecular formula is C16H24N2O. The Morgan fingerprint density at radius 2 is 2.11 bits per heavy atom. The maximum Gasteiger partial charge on any atom is 0.227 e. The van der Waals surface area contributed by atoms with Gasteiger partial charge < -0.3 is 10.2 Å². The van der Waals surface area contributed by atoms with E-state index in [2.05, 4.69) is 31.3 Å². The van der Waals surface area contributed by atoms with Gasteiger partial charge in [-0.3, -0.25) is 4.79 Å². The van der Waals surface area contributed by atoms with Crippen molar-refractivity contribution in [3.8, 4) is 0 Å². The van der Waals surface area contributed by atoms with Crippen LogP contribution in [0.3, 0.4) is 0 Å². The van der Waals surface area contributed by atoms with E-state index in [4.69, 9.17) is 0 Å². The summed E-state index contributed by atoms with van der Waals surface area (Å²) >= 11 is 0. The van der Waals surface area contributed by atoms with Crippen LogP contribution in [0.25, 0.3) is 0 Å². The van der Waals surface area contributed by atoms with Crippen LogP contribution >= 0.6 is 0 Å². The second-order valence-corrected chi connectivity index (χ2v) is 5.59. The first kappa shape index (κ1) is 14.1. The molecule has 0 saturated carbocycles. The Hall–Kier alpha value is -1.35. The van der Waals surface area contributed by atoms with Gasteiger partial charge in [-0.1, -0.05) is 30.3 Å². The number of carbonyl (C=O) groups is 1. The summed E-state index contributed by atoms with van der Waals surface area (Å²) in [7, 11) is 0. The Labute approximate surface area is 116 Å². The summed E-state index contributed by atoms with van der Waals surface area (Å²) in [6.07, 6.45) is 2.12. The molecule has 3 heteroatoms. The second-order valence-electron chi connectivity index (χ2n) is 5.59. The van der Waals surface area contributed by atoms with Gasteiger partial charge in [-0.25, -0.2) is 0 Å². The molecule has 1 aromatic rings. The zero-order valence-corrected chi connectivity index (χ0v) is 11.9. The molecule has 0 aromatic heterocycles. The molecule has 1 fully saturated rings. The molecule has 0 bridgehead atoms. The second kappa shape index (κ2) is 6.71. The topological polar surface area (TPSA) is 32.3 Å². The molecule has 1 amide bonds. The molecule has 0 spiro atoms. The average molecular weight is 260 g/mol. The third-order valence-electron chi connectivity index (χ3n) is 3.75. The molecule has 19 heavy (non-hydrogen) atoms. The minimum Gasteiger partial charge on any atom is -0.336 e. The van der Waals surface area contributed by atoms with Gasteiger partial charge in [0.15, 0.2) is 0 Å². The minimum absolute atomic E-state index is 0.153. The van der Waals surface area contributed by atoms with E-state index in [9.17, 15) is 4.79 Å². The molecule has 1 aliphatic heterocycles.